The molecule has 0 aromatic rings. The van der Waals surface area contributed by atoms with E-state index < -0.39 is 15.9 Å². The van der Waals surface area contributed by atoms with Crippen LogP contribution in [0.5, 0.6) is 0 Å². The van der Waals surface area contributed by atoms with Gasteiger partial charge in [0.05, 0.1) is 18.7 Å². The van der Waals surface area contributed by atoms with Gasteiger partial charge >= 0.3 is 0 Å². The lowest BCUT2D eigenvalue weighted by atomic mass is 9.93. The topological polar surface area (TPSA) is 101 Å². The Morgan fingerprint density at radius 2 is 1.95 bits per heavy atom. The van der Waals surface area contributed by atoms with Crippen LogP contribution in [0.2, 0.25) is 0 Å². The molecule has 1 rings (SSSR count). The predicted octanol–water partition coefficient (Wildman–Crippen LogP) is -1.01. The van der Waals surface area contributed by atoms with E-state index in [1.165, 1.54) is 7.05 Å². The van der Waals surface area contributed by atoms with E-state index in [0.29, 0.717) is 12.8 Å². The van der Waals surface area contributed by atoms with Crippen molar-refractivity contribution >= 4 is 21.8 Å². The van der Waals surface area contributed by atoms with E-state index in [-0.39, 0.29) is 31.0 Å². The Kier molecular flexibility index (Phi) is 4.92. The van der Waals surface area contributed by atoms with E-state index >= 15 is 0 Å². The maximum atomic E-state index is 12.1. The second-order valence-electron chi connectivity index (χ2n) is 5.09. The molecule has 0 aliphatic carbocycles. The van der Waals surface area contributed by atoms with Gasteiger partial charge in [-0.2, -0.15) is 4.31 Å². The number of likely N-dealkylation sites (N-methyl/N-ethyl adjacent to an activating group) is 1. The van der Waals surface area contributed by atoms with Gasteiger partial charge in [0.2, 0.25) is 21.8 Å². The first-order valence-electron chi connectivity index (χ1n) is 6.13. The van der Waals surface area contributed by atoms with Crippen LogP contribution in [-0.2, 0) is 19.6 Å². The van der Waals surface area contributed by atoms with Gasteiger partial charge in [-0.15, -0.1) is 0 Å². The standard InChI is InChI=1S/C11H21N3O4S/c1-8-4-5-9(11(12)16)6-14(8)10(15)7-13(2)19(3,17)18/h8-9H,4-7H2,1-3H3,(H2,12,16). The van der Waals surface area contributed by atoms with Crippen molar-refractivity contribution in [3.63, 3.8) is 0 Å². The second-order valence-corrected chi connectivity index (χ2v) is 7.18. The van der Waals surface area contributed by atoms with Gasteiger partial charge in [0.1, 0.15) is 0 Å². The molecule has 19 heavy (non-hydrogen) atoms. The fourth-order valence-electron chi connectivity index (χ4n) is 2.09. The number of nitrogens with zero attached hydrogens (tertiary/aromatic N) is 2. The van der Waals surface area contributed by atoms with E-state index in [2.05, 4.69) is 0 Å². The summed E-state index contributed by atoms with van der Waals surface area (Å²) < 4.78 is 23.6. The maximum Gasteiger partial charge on any atom is 0.238 e. The van der Waals surface area contributed by atoms with Crippen LogP contribution >= 0.6 is 0 Å². The average molecular weight is 291 g/mol. The number of carbonyl (C=O) groups is 2. The Labute approximate surface area is 113 Å². The molecule has 0 bridgehead atoms. The normalized spacial score (nSPS) is 24.5. The predicted molar refractivity (Wildman–Crippen MR) is 70.6 cm³/mol. The van der Waals surface area contributed by atoms with E-state index in [4.69, 9.17) is 5.73 Å². The highest BCUT2D eigenvalue weighted by atomic mass is 32.2. The Morgan fingerprint density at radius 1 is 1.37 bits per heavy atom. The summed E-state index contributed by atoms with van der Waals surface area (Å²) in [5.41, 5.74) is 5.26. The molecule has 0 saturated carbocycles. The highest BCUT2D eigenvalue weighted by molar-refractivity contribution is 7.88. The maximum absolute atomic E-state index is 12.1. The lowest BCUT2D eigenvalue weighted by molar-refractivity contribution is -0.137. The number of likely N-dealkylation sites (tertiary alicyclic amines) is 1. The Hall–Kier alpha value is -1.15. The molecule has 8 heteroatoms. The summed E-state index contributed by atoms with van der Waals surface area (Å²) in [6.07, 6.45) is 2.41. The third kappa shape index (κ3) is 4.17. The summed E-state index contributed by atoms with van der Waals surface area (Å²) in [5, 5.41) is 0. The summed E-state index contributed by atoms with van der Waals surface area (Å²) in [5.74, 6) is -1.06. The molecule has 110 valence electrons. The molecule has 0 aromatic heterocycles. The monoisotopic (exact) mass is 291 g/mol. The first-order chi connectivity index (χ1) is 8.62. The number of nitrogens with two attached hydrogens (primary N) is 1. The Morgan fingerprint density at radius 3 is 2.42 bits per heavy atom. The van der Waals surface area contributed by atoms with Gasteiger partial charge in [-0.25, -0.2) is 8.42 Å². The van der Waals surface area contributed by atoms with Crippen LogP contribution in [0, 0.1) is 5.92 Å². The summed E-state index contributed by atoms with van der Waals surface area (Å²) in [6.45, 7) is 1.94. The molecule has 0 aromatic carbocycles. The largest absolute Gasteiger partial charge is 0.369 e. The molecular formula is C11H21N3O4S. The molecular weight excluding hydrogens is 270 g/mol. The first kappa shape index (κ1) is 15.9. The van der Waals surface area contributed by atoms with Crippen LogP contribution in [0.4, 0.5) is 0 Å². The molecule has 2 unspecified atom stereocenters. The summed E-state index contributed by atoms with van der Waals surface area (Å²) in [6, 6.07) is -0.00365. The van der Waals surface area contributed by atoms with Crippen molar-refractivity contribution in [1.29, 1.82) is 0 Å². The molecule has 2 amide bonds. The number of sulfonamides is 1. The van der Waals surface area contributed by atoms with E-state index in [9.17, 15) is 18.0 Å². The zero-order valence-electron chi connectivity index (χ0n) is 11.5. The van der Waals surface area contributed by atoms with E-state index in [1.54, 1.807) is 4.90 Å². The van der Waals surface area contributed by atoms with Crippen LogP contribution in [0.25, 0.3) is 0 Å². The van der Waals surface area contributed by atoms with Crippen LogP contribution in [-0.4, -0.2) is 61.9 Å². The Balaban J connectivity index is 2.71. The summed E-state index contributed by atoms with van der Waals surface area (Å²) >= 11 is 0. The van der Waals surface area contributed by atoms with Gasteiger partial charge in [-0.3, -0.25) is 9.59 Å². The van der Waals surface area contributed by atoms with Crippen LogP contribution in [0.15, 0.2) is 0 Å². The lowest BCUT2D eigenvalue weighted by Crippen LogP contribution is -2.51. The average Bonchev–Trinajstić information content (AvgIpc) is 2.27. The second kappa shape index (κ2) is 5.87. The molecule has 1 saturated heterocycles. The third-order valence-electron chi connectivity index (χ3n) is 3.53. The van der Waals surface area contributed by atoms with Gasteiger partial charge in [0.15, 0.2) is 0 Å². The van der Waals surface area contributed by atoms with Crippen LogP contribution in [0.3, 0.4) is 0 Å². The number of carbonyl (C=O) groups excluding carboxylic acids is 2. The number of primary amides is 1. The van der Waals surface area contributed by atoms with Crippen LogP contribution < -0.4 is 5.73 Å². The molecule has 1 aliphatic rings. The molecule has 0 spiro atoms. The van der Waals surface area contributed by atoms with Crippen molar-refractivity contribution in [2.75, 3.05) is 26.4 Å². The summed E-state index contributed by atoms with van der Waals surface area (Å²) in [7, 11) is -2.04. The highest BCUT2D eigenvalue weighted by Crippen LogP contribution is 2.21. The van der Waals surface area contributed by atoms with Gasteiger partial charge in [0, 0.05) is 19.6 Å². The number of amides is 2. The van der Waals surface area contributed by atoms with E-state index in [0.717, 1.165) is 10.6 Å². The molecule has 1 aliphatic heterocycles. The quantitative estimate of drug-likeness (QED) is 0.717. The number of hydrogen-bond acceptors (Lipinski definition) is 4. The van der Waals surface area contributed by atoms with Gasteiger partial charge < -0.3 is 10.6 Å². The van der Waals surface area contributed by atoms with E-state index in [1.807, 2.05) is 6.92 Å². The zero-order valence-corrected chi connectivity index (χ0v) is 12.3. The smallest absolute Gasteiger partial charge is 0.238 e. The lowest BCUT2D eigenvalue weighted by Gasteiger charge is -2.37. The zero-order chi connectivity index (χ0) is 14.8. The van der Waals surface area contributed by atoms with Gasteiger partial charge in [0.25, 0.3) is 0 Å². The SMILES string of the molecule is CC1CCC(C(N)=O)CN1C(=O)CN(C)S(C)(=O)=O. The van der Waals surface area contributed by atoms with Crippen LogP contribution in [0.1, 0.15) is 19.8 Å². The molecule has 1 fully saturated rings. The first-order valence-corrected chi connectivity index (χ1v) is 7.98. The number of piperidine rings is 1. The Bertz CT molecular complexity index is 463. The number of rotatable bonds is 4. The fourth-order valence-corrected chi connectivity index (χ4v) is 2.43. The molecule has 0 radical (unpaired) electrons. The minimum atomic E-state index is -3.39. The highest BCUT2D eigenvalue weighted by Gasteiger charge is 2.32. The minimum Gasteiger partial charge on any atom is -0.369 e. The number of hydrogen-bond donors (Lipinski definition) is 1. The van der Waals surface area contributed by atoms with Gasteiger partial charge in [-0.1, -0.05) is 0 Å². The minimum absolute atomic E-state index is 0.00365. The molecule has 2 atom stereocenters. The van der Waals surface area contributed by atoms with Crippen molar-refractivity contribution in [3.8, 4) is 0 Å². The fraction of sp³-hybridized carbons (Fsp3) is 0.818. The molecule has 2 N–H and O–H groups in total. The van der Waals surface area contributed by atoms with Crippen molar-refractivity contribution in [3.05, 3.63) is 0 Å². The van der Waals surface area contributed by atoms with Crippen molar-refractivity contribution in [2.24, 2.45) is 11.7 Å². The molecule has 1 heterocycles. The van der Waals surface area contributed by atoms with Crippen molar-refractivity contribution in [2.45, 2.75) is 25.8 Å². The molecule has 7 nitrogen and oxygen atoms in total. The summed E-state index contributed by atoms with van der Waals surface area (Å²) in [4.78, 5) is 24.8. The van der Waals surface area contributed by atoms with Crippen molar-refractivity contribution in [1.82, 2.24) is 9.21 Å². The van der Waals surface area contributed by atoms with Crippen molar-refractivity contribution < 1.29 is 18.0 Å². The van der Waals surface area contributed by atoms with Gasteiger partial charge in [-0.05, 0) is 19.8 Å². The third-order valence-corrected chi connectivity index (χ3v) is 4.79.